The van der Waals surface area contributed by atoms with Crippen LogP contribution in [0, 0.1) is 0 Å². The van der Waals surface area contributed by atoms with Crippen LogP contribution in [0.25, 0.3) is 0 Å². The minimum absolute atomic E-state index is 0.0360. The molecule has 0 radical (unpaired) electrons. The molecule has 1 aliphatic heterocycles. The van der Waals surface area contributed by atoms with E-state index >= 15 is 0 Å². The third-order valence-corrected chi connectivity index (χ3v) is 7.23. The van der Waals surface area contributed by atoms with Gasteiger partial charge in [0.1, 0.15) is 23.9 Å². The first-order valence-corrected chi connectivity index (χ1v) is 12.6. The maximum absolute atomic E-state index is 13.4. The number of aryl methyl sites for hydroxylation is 1. The lowest BCUT2D eigenvalue weighted by Crippen LogP contribution is -2.44. The number of thioether (sulfide) groups is 1. The van der Waals surface area contributed by atoms with Crippen molar-refractivity contribution in [2.24, 2.45) is 7.05 Å². The molecule has 0 fully saturated rings. The zero-order chi connectivity index (χ0) is 25.2. The van der Waals surface area contributed by atoms with Crippen molar-refractivity contribution >= 4 is 29.4 Å². The van der Waals surface area contributed by atoms with E-state index in [9.17, 15) is 9.59 Å². The van der Waals surface area contributed by atoms with E-state index in [0.717, 1.165) is 23.2 Å². The summed E-state index contributed by atoms with van der Waals surface area (Å²) < 4.78 is 12.9. The van der Waals surface area contributed by atoms with E-state index in [1.807, 2.05) is 39.1 Å². The average molecular weight is 489 g/mol. The summed E-state index contributed by atoms with van der Waals surface area (Å²) in [6.07, 6.45) is 0.818. The van der Waals surface area contributed by atoms with Gasteiger partial charge < -0.3 is 14.8 Å². The van der Waals surface area contributed by atoms with Gasteiger partial charge in [0, 0.05) is 29.6 Å². The topological polar surface area (TPSA) is 85.7 Å². The molecule has 0 saturated carbocycles. The standard InChI is InChI=1S/C25H36N4O4S/c1-9-15(2)26-19(30)13-29-20(31)14-34-22(17-12-16(32-7)10-11-18(17)33-8)21-23(25(3,4)5)27-28(6)24(21)29/h10-12,15,22H,9,13-14H2,1-8H3,(H,26,30). The van der Waals surface area contributed by atoms with Crippen molar-refractivity contribution in [2.45, 2.75) is 57.7 Å². The number of aromatic nitrogens is 2. The second-order valence-corrected chi connectivity index (χ2v) is 10.7. The number of benzene rings is 1. The Labute approximate surface area is 206 Å². The Morgan fingerprint density at radius 1 is 1.29 bits per heavy atom. The van der Waals surface area contributed by atoms with Gasteiger partial charge in [0.15, 0.2) is 0 Å². The van der Waals surface area contributed by atoms with Crippen LogP contribution in [0.15, 0.2) is 18.2 Å². The van der Waals surface area contributed by atoms with Crippen LogP contribution >= 0.6 is 11.8 Å². The Morgan fingerprint density at radius 2 is 2.00 bits per heavy atom. The van der Waals surface area contributed by atoms with Crippen LogP contribution in [0.4, 0.5) is 5.82 Å². The molecule has 2 aromatic rings. The van der Waals surface area contributed by atoms with Crippen molar-refractivity contribution in [2.75, 3.05) is 31.4 Å². The van der Waals surface area contributed by atoms with E-state index in [1.54, 1.807) is 23.8 Å². The fourth-order valence-corrected chi connectivity index (χ4v) is 5.31. The predicted octanol–water partition coefficient (Wildman–Crippen LogP) is 3.82. The molecular formula is C25H36N4O4S. The van der Waals surface area contributed by atoms with Gasteiger partial charge in [0.25, 0.3) is 0 Å². The quantitative estimate of drug-likeness (QED) is 0.638. The van der Waals surface area contributed by atoms with E-state index in [2.05, 4.69) is 26.1 Å². The first-order valence-electron chi connectivity index (χ1n) is 11.5. The summed E-state index contributed by atoms with van der Waals surface area (Å²) in [6.45, 7) is 10.2. The number of anilines is 1. The molecule has 1 N–H and O–H groups in total. The van der Waals surface area contributed by atoms with Gasteiger partial charge in [-0.25, -0.2) is 0 Å². The first-order chi connectivity index (χ1) is 16.0. The van der Waals surface area contributed by atoms with Gasteiger partial charge in [0.2, 0.25) is 11.8 Å². The van der Waals surface area contributed by atoms with Gasteiger partial charge in [0.05, 0.1) is 30.9 Å². The number of rotatable bonds is 7. The molecule has 34 heavy (non-hydrogen) atoms. The van der Waals surface area contributed by atoms with Crippen LogP contribution in [0.1, 0.15) is 63.1 Å². The van der Waals surface area contributed by atoms with Gasteiger partial charge in [-0.05, 0) is 31.5 Å². The summed E-state index contributed by atoms with van der Waals surface area (Å²) >= 11 is 1.52. The Balaban J connectivity index is 2.21. The molecule has 2 heterocycles. The summed E-state index contributed by atoms with van der Waals surface area (Å²) in [4.78, 5) is 27.8. The van der Waals surface area contributed by atoms with Gasteiger partial charge in [-0.2, -0.15) is 5.10 Å². The van der Waals surface area contributed by atoms with Crippen LogP contribution in [0.3, 0.4) is 0 Å². The number of methoxy groups -OCH3 is 2. The highest BCUT2D eigenvalue weighted by atomic mass is 32.2. The highest BCUT2D eigenvalue weighted by molar-refractivity contribution is 8.00. The molecule has 2 atom stereocenters. The molecule has 8 nitrogen and oxygen atoms in total. The van der Waals surface area contributed by atoms with Gasteiger partial charge in [-0.3, -0.25) is 19.2 Å². The lowest BCUT2D eigenvalue weighted by Gasteiger charge is -2.25. The van der Waals surface area contributed by atoms with Gasteiger partial charge in [-0.1, -0.05) is 27.7 Å². The van der Waals surface area contributed by atoms with E-state index in [4.69, 9.17) is 14.6 Å². The zero-order valence-corrected chi connectivity index (χ0v) is 22.2. The van der Waals surface area contributed by atoms with Crippen LogP contribution < -0.4 is 19.7 Å². The number of fused-ring (bicyclic) bond motifs is 1. The number of hydrogen-bond acceptors (Lipinski definition) is 6. The van der Waals surface area contributed by atoms with Gasteiger partial charge >= 0.3 is 0 Å². The number of carbonyl (C=O) groups excluding carboxylic acids is 2. The fraction of sp³-hybridized carbons (Fsp3) is 0.560. The number of amides is 2. The lowest BCUT2D eigenvalue weighted by molar-refractivity contribution is -0.123. The molecule has 1 aromatic carbocycles. The second-order valence-electron chi connectivity index (χ2n) is 9.62. The highest BCUT2D eigenvalue weighted by Crippen LogP contribution is 2.50. The molecule has 9 heteroatoms. The maximum atomic E-state index is 13.4. The molecule has 2 unspecified atom stereocenters. The summed E-state index contributed by atoms with van der Waals surface area (Å²) in [5, 5.41) is 7.60. The second kappa shape index (κ2) is 10.3. The first kappa shape index (κ1) is 25.9. The third kappa shape index (κ3) is 5.19. The average Bonchev–Trinajstić information content (AvgIpc) is 3.07. The fourth-order valence-electron chi connectivity index (χ4n) is 4.10. The predicted molar refractivity (Wildman–Crippen MR) is 136 cm³/mol. The van der Waals surface area contributed by atoms with E-state index in [0.29, 0.717) is 17.3 Å². The van der Waals surface area contributed by atoms with Crippen LogP contribution in [-0.4, -0.2) is 54.2 Å². The van der Waals surface area contributed by atoms with Crippen molar-refractivity contribution < 1.29 is 19.1 Å². The Bertz CT molecular complexity index is 1060. The number of hydrogen-bond donors (Lipinski definition) is 1. The third-order valence-electron chi connectivity index (χ3n) is 6.00. The molecule has 0 saturated heterocycles. The van der Waals surface area contributed by atoms with E-state index < -0.39 is 0 Å². The Kier molecular flexibility index (Phi) is 7.85. The zero-order valence-electron chi connectivity index (χ0n) is 21.4. The summed E-state index contributed by atoms with van der Waals surface area (Å²) in [6, 6.07) is 5.73. The Morgan fingerprint density at radius 3 is 2.59 bits per heavy atom. The summed E-state index contributed by atoms with van der Waals surface area (Å²) in [7, 11) is 5.10. The summed E-state index contributed by atoms with van der Waals surface area (Å²) in [5.74, 6) is 1.98. The van der Waals surface area contributed by atoms with Crippen molar-refractivity contribution in [1.82, 2.24) is 15.1 Å². The SMILES string of the molecule is CCC(C)NC(=O)CN1C(=O)CSC(c2cc(OC)ccc2OC)c2c(C(C)(C)C)nn(C)c21. The van der Waals surface area contributed by atoms with E-state index in [-0.39, 0.29) is 40.8 Å². The maximum Gasteiger partial charge on any atom is 0.240 e. The van der Waals surface area contributed by atoms with Crippen molar-refractivity contribution in [1.29, 1.82) is 0 Å². The largest absolute Gasteiger partial charge is 0.497 e. The molecular weight excluding hydrogens is 452 g/mol. The minimum Gasteiger partial charge on any atom is -0.497 e. The molecule has 0 spiro atoms. The number of ether oxygens (including phenoxy) is 2. The monoisotopic (exact) mass is 488 g/mol. The molecule has 0 aliphatic carbocycles. The van der Waals surface area contributed by atoms with E-state index in [1.165, 1.54) is 11.8 Å². The smallest absolute Gasteiger partial charge is 0.240 e. The molecule has 1 aliphatic rings. The van der Waals surface area contributed by atoms with Crippen molar-refractivity contribution in [3.63, 3.8) is 0 Å². The lowest BCUT2D eigenvalue weighted by atomic mass is 9.87. The van der Waals surface area contributed by atoms with Crippen molar-refractivity contribution in [3.05, 3.63) is 35.0 Å². The number of carbonyl (C=O) groups is 2. The van der Waals surface area contributed by atoms with Crippen LogP contribution in [-0.2, 0) is 22.1 Å². The van der Waals surface area contributed by atoms with Crippen LogP contribution in [0.5, 0.6) is 11.5 Å². The molecule has 1 aromatic heterocycles. The van der Waals surface area contributed by atoms with Crippen molar-refractivity contribution in [3.8, 4) is 11.5 Å². The normalized spacial score (nSPS) is 17.1. The highest BCUT2D eigenvalue weighted by Gasteiger charge is 2.40. The molecule has 186 valence electrons. The van der Waals surface area contributed by atoms with Crippen LogP contribution in [0.2, 0.25) is 0 Å². The molecule has 0 bridgehead atoms. The number of nitrogens with zero attached hydrogens (tertiary/aromatic N) is 3. The Hall–Kier alpha value is -2.68. The van der Waals surface area contributed by atoms with Gasteiger partial charge in [-0.15, -0.1) is 11.8 Å². The number of nitrogens with one attached hydrogen (secondary N) is 1. The molecule has 2 amide bonds. The molecule has 3 rings (SSSR count). The minimum atomic E-state index is -0.283. The summed E-state index contributed by atoms with van der Waals surface area (Å²) in [5.41, 5.74) is 2.43.